The van der Waals surface area contributed by atoms with Crippen molar-refractivity contribution in [3.63, 3.8) is 0 Å². The van der Waals surface area contributed by atoms with Gasteiger partial charge in [0.1, 0.15) is 11.0 Å². The third kappa shape index (κ3) is 5.21. The second-order valence-corrected chi connectivity index (χ2v) is 10.3. The predicted octanol–water partition coefficient (Wildman–Crippen LogP) is 5.74. The summed E-state index contributed by atoms with van der Waals surface area (Å²) < 4.78 is 14.5. The average molecular weight is 491 g/mol. The van der Waals surface area contributed by atoms with Crippen LogP contribution in [0.2, 0.25) is 0 Å². The number of nitrogens with zero attached hydrogens (tertiary/aromatic N) is 4. The molecule has 7 heteroatoms. The number of methoxy groups -OCH3 is 2. The second-order valence-electron chi connectivity index (χ2n) is 9.19. The zero-order valence-electron chi connectivity index (χ0n) is 20.9. The van der Waals surface area contributed by atoms with E-state index in [1.54, 1.807) is 25.6 Å². The first-order chi connectivity index (χ1) is 17.2. The van der Waals surface area contributed by atoms with E-state index in [2.05, 4.69) is 52.9 Å². The van der Waals surface area contributed by atoms with Crippen LogP contribution in [0.25, 0.3) is 10.2 Å². The number of benzene rings is 2. The maximum absolute atomic E-state index is 5.63. The zero-order valence-corrected chi connectivity index (χ0v) is 21.7. The van der Waals surface area contributed by atoms with Gasteiger partial charge in [-0.1, -0.05) is 25.5 Å². The van der Waals surface area contributed by atoms with Gasteiger partial charge >= 0.3 is 0 Å². The maximum atomic E-state index is 5.63. The van der Waals surface area contributed by atoms with Crippen LogP contribution in [0, 0.1) is 0 Å². The molecule has 0 spiro atoms. The van der Waals surface area contributed by atoms with Crippen LogP contribution in [0.3, 0.4) is 0 Å². The molecule has 0 saturated carbocycles. The van der Waals surface area contributed by atoms with Gasteiger partial charge in [-0.3, -0.25) is 0 Å². The molecule has 1 saturated heterocycles. The van der Waals surface area contributed by atoms with Gasteiger partial charge in [0, 0.05) is 19.2 Å². The molecule has 35 heavy (non-hydrogen) atoms. The lowest BCUT2D eigenvalue weighted by atomic mass is 10.1. The molecule has 4 aromatic rings. The van der Waals surface area contributed by atoms with Gasteiger partial charge in [0.15, 0.2) is 11.5 Å². The number of hydrogen-bond acceptors (Lipinski definition) is 6. The summed E-state index contributed by atoms with van der Waals surface area (Å²) in [5.74, 6) is 1.44. The summed E-state index contributed by atoms with van der Waals surface area (Å²) in [6.45, 7) is 5.67. The van der Waals surface area contributed by atoms with Crippen molar-refractivity contribution in [1.29, 1.82) is 0 Å². The van der Waals surface area contributed by atoms with Crippen molar-refractivity contribution < 1.29 is 9.47 Å². The third-order valence-electron chi connectivity index (χ3n) is 6.92. The van der Waals surface area contributed by atoms with Gasteiger partial charge in [0.25, 0.3) is 0 Å². The molecule has 0 aliphatic carbocycles. The Morgan fingerprint density at radius 3 is 2.60 bits per heavy atom. The SMILES string of the molecule is CCc1ccc2nc(C(c3ccc(OC)c(OC)c3)n3cnc(CCN4CCCCC4)c3)sc2c1. The van der Waals surface area contributed by atoms with Crippen molar-refractivity contribution >= 4 is 21.6 Å². The van der Waals surface area contributed by atoms with E-state index in [1.807, 2.05) is 12.4 Å². The first-order valence-electron chi connectivity index (χ1n) is 12.5. The molecule has 0 bridgehead atoms. The normalized spacial score (nSPS) is 15.4. The van der Waals surface area contributed by atoms with Gasteiger partial charge < -0.3 is 18.9 Å². The molecule has 0 amide bonds. The molecule has 0 radical (unpaired) electrons. The second kappa shape index (κ2) is 10.8. The molecule has 5 rings (SSSR count). The standard InChI is InChI=1S/C28H34N4O2S/c1-4-20-8-10-23-26(16-20)35-28(30-23)27(21-9-11-24(33-2)25(17-21)34-3)32-18-22(29-19-32)12-15-31-13-6-5-7-14-31/h8-11,16-19,27H,4-7,12-15H2,1-3H3. The van der Waals surface area contributed by atoms with E-state index in [1.165, 1.54) is 42.6 Å². The number of hydrogen-bond donors (Lipinski definition) is 0. The molecule has 3 heterocycles. The van der Waals surface area contributed by atoms with Gasteiger partial charge in [0.05, 0.1) is 36.5 Å². The first-order valence-corrected chi connectivity index (χ1v) is 13.4. The minimum absolute atomic E-state index is 0.0893. The van der Waals surface area contributed by atoms with Crippen LogP contribution in [0.4, 0.5) is 0 Å². The van der Waals surface area contributed by atoms with E-state index >= 15 is 0 Å². The molecule has 1 fully saturated rings. The molecule has 2 aromatic carbocycles. The van der Waals surface area contributed by atoms with Gasteiger partial charge in [0.2, 0.25) is 0 Å². The summed E-state index contributed by atoms with van der Waals surface area (Å²) in [4.78, 5) is 12.4. The van der Waals surface area contributed by atoms with Crippen molar-refractivity contribution in [2.75, 3.05) is 33.9 Å². The van der Waals surface area contributed by atoms with Crippen molar-refractivity contribution in [3.05, 3.63) is 70.8 Å². The van der Waals surface area contributed by atoms with Crippen LogP contribution < -0.4 is 9.47 Å². The van der Waals surface area contributed by atoms with Crippen LogP contribution in [0.1, 0.15) is 54.1 Å². The van der Waals surface area contributed by atoms with Crippen LogP contribution in [0.5, 0.6) is 11.5 Å². The first kappa shape index (κ1) is 23.8. The van der Waals surface area contributed by atoms with Crippen LogP contribution in [-0.2, 0) is 12.8 Å². The molecule has 1 aliphatic heterocycles. The summed E-state index contributed by atoms with van der Waals surface area (Å²) in [5, 5.41) is 1.04. The fourth-order valence-electron chi connectivity index (χ4n) is 4.89. The Hall–Kier alpha value is -2.90. The molecule has 184 valence electrons. The molecule has 0 N–H and O–H groups in total. The fourth-order valence-corrected chi connectivity index (χ4v) is 6.06. The minimum atomic E-state index is -0.0893. The number of aryl methyl sites for hydroxylation is 1. The van der Waals surface area contributed by atoms with Crippen LogP contribution >= 0.6 is 11.3 Å². The number of rotatable bonds is 9. The highest BCUT2D eigenvalue weighted by Gasteiger charge is 2.23. The molecule has 1 unspecified atom stereocenters. The van der Waals surface area contributed by atoms with E-state index in [0.717, 1.165) is 52.7 Å². The highest BCUT2D eigenvalue weighted by Crippen LogP contribution is 2.37. The molecule has 6 nitrogen and oxygen atoms in total. The third-order valence-corrected chi connectivity index (χ3v) is 7.99. The van der Waals surface area contributed by atoms with Gasteiger partial charge in [-0.15, -0.1) is 11.3 Å². The lowest BCUT2D eigenvalue weighted by Crippen LogP contribution is -2.31. The van der Waals surface area contributed by atoms with Crippen molar-refractivity contribution in [1.82, 2.24) is 19.4 Å². The number of likely N-dealkylation sites (tertiary alicyclic amines) is 1. The van der Waals surface area contributed by atoms with Crippen LogP contribution in [-0.4, -0.2) is 53.3 Å². The Balaban J connectivity index is 1.50. The lowest BCUT2D eigenvalue weighted by molar-refractivity contribution is 0.231. The van der Waals surface area contributed by atoms with Gasteiger partial charge in [-0.2, -0.15) is 0 Å². The number of imidazole rings is 1. The number of fused-ring (bicyclic) bond motifs is 1. The summed E-state index contributed by atoms with van der Waals surface area (Å²) in [6.07, 6.45) is 10.1. The van der Waals surface area contributed by atoms with E-state index < -0.39 is 0 Å². The quantitative estimate of drug-likeness (QED) is 0.300. The van der Waals surface area contributed by atoms with Crippen molar-refractivity contribution in [3.8, 4) is 11.5 Å². The Bertz CT molecular complexity index is 1280. The Kier molecular flexibility index (Phi) is 7.35. The highest BCUT2D eigenvalue weighted by atomic mass is 32.1. The maximum Gasteiger partial charge on any atom is 0.161 e. The van der Waals surface area contributed by atoms with E-state index in [9.17, 15) is 0 Å². The fraction of sp³-hybridized carbons (Fsp3) is 0.429. The molecule has 1 atom stereocenters. The van der Waals surface area contributed by atoms with E-state index in [4.69, 9.17) is 19.4 Å². The summed E-state index contributed by atoms with van der Waals surface area (Å²) >= 11 is 1.75. The number of thiazole rings is 1. The smallest absolute Gasteiger partial charge is 0.161 e. The molecule has 1 aliphatic rings. The molecular weight excluding hydrogens is 456 g/mol. The Morgan fingerprint density at radius 1 is 1.00 bits per heavy atom. The number of piperidine rings is 1. The lowest BCUT2D eigenvalue weighted by Gasteiger charge is -2.25. The van der Waals surface area contributed by atoms with E-state index in [0.29, 0.717) is 0 Å². The molecular formula is C28H34N4O2S. The van der Waals surface area contributed by atoms with Gasteiger partial charge in [-0.25, -0.2) is 9.97 Å². The minimum Gasteiger partial charge on any atom is -0.493 e. The van der Waals surface area contributed by atoms with Gasteiger partial charge in [-0.05, 0) is 67.7 Å². The summed E-state index contributed by atoms with van der Waals surface area (Å²) in [5.41, 5.74) is 4.59. The Morgan fingerprint density at radius 2 is 1.83 bits per heavy atom. The van der Waals surface area contributed by atoms with Crippen LogP contribution in [0.15, 0.2) is 48.9 Å². The summed E-state index contributed by atoms with van der Waals surface area (Å²) in [6, 6.07) is 12.6. The average Bonchev–Trinajstić information content (AvgIpc) is 3.54. The zero-order chi connectivity index (χ0) is 24.2. The number of aromatic nitrogens is 3. The van der Waals surface area contributed by atoms with E-state index in [-0.39, 0.29) is 6.04 Å². The largest absolute Gasteiger partial charge is 0.493 e. The topological polar surface area (TPSA) is 52.4 Å². The Labute approximate surface area is 211 Å². The predicted molar refractivity (Wildman–Crippen MR) is 142 cm³/mol. The van der Waals surface area contributed by atoms with Crippen molar-refractivity contribution in [2.24, 2.45) is 0 Å². The molecule has 2 aromatic heterocycles. The highest BCUT2D eigenvalue weighted by molar-refractivity contribution is 7.18. The monoisotopic (exact) mass is 490 g/mol. The number of ether oxygens (including phenoxy) is 2. The van der Waals surface area contributed by atoms with Crippen molar-refractivity contribution in [2.45, 2.75) is 45.1 Å². The summed E-state index contributed by atoms with van der Waals surface area (Å²) in [7, 11) is 3.34.